The molecule has 1 aromatic carbocycles. The Morgan fingerprint density at radius 1 is 1.28 bits per heavy atom. The average molecular weight is 439 g/mol. The molecule has 0 radical (unpaired) electrons. The highest BCUT2D eigenvalue weighted by atomic mass is 79.9. The van der Waals surface area contributed by atoms with E-state index in [0.29, 0.717) is 27.7 Å². The summed E-state index contributed by atoms with van der Waals surface area (Å²) in [6.07, 6.45) is 1.77. The van der Waals surface area contributed by atoms with Crippen molar-refractivity contribution in [2.45, 2.75) is 6.54 Å². The molecule has 5 nitrogen and oxygen atoms in total. The standard InChI is InChI=1S/C17H15BrN2O3S2/c1-4-7-20-10-8-11(22-2)12(23-3)9-14(10)25-17(20)19-16(21)13-5-6-15(18)24-13/h4-6,8-9H,1,7H2,2-3H3. The number of thiazole rings is 1. The van der Waals surface area contributed by atoms with Crippen molar-refractivity contribution in [1.29, 1.82) is 0 Å². The summed E-state index contributed by atoms with van der Waals surface area (Å²) in [5.41, 5.74) is 0.918. The molecular formula is C17H15BrN2O3S2. The van der Waals surface area contributed by atoms with Gasteiger partial charge in [-0.1, -0.05) is 17.4 Å². The lowest BCUT2D eigenvalue weighted by atomic mass is 10.3. The highest BCUT2D eigenvalue weighted by Crippen LogP contribution is 2.33. The number of carbonyl (C=O) groups is 1. The SMILES string of the molecule is C=CCn1c(=NC(=O)c2ccc(Br)s2)sc2cc(OC)c(OC)cc21. The molecule has 0 saturated heterocycles. The van der Waals surface area contributed by atoms with Crippen LogP contribution in [0.5, 0.6) is 11.5 Å². The number of aromatic nitrogens is 1. The van der Waals surface area contributed by atoms with E-state index in [1.165, 1.54) is 22.7 Å². The van der Waals surface area contributed by atoms with Crippen LogP contribution in [0.2, 0.25) is 0 Å². The van der Waals surface area contributed by atoms with Gasteiger partial charge in [0.05, 0.1) is 33.1 Å². The third-order valence-corrected chi connectivity index (χ3v) is 6.13. The minimum atomic E-state index is -0.265. The minimum Gasteiger partial charge on any atom is -0.493 e. The summed E-state index contributed by atoms with van der Waals surface area (Å²) in [5, 5.41) is 0. The fourth-order valence-corrected chi connectivity index (χ4v) is 4.68. The molecule has 0 N–H and O–H groups in total. The lowest BCUT2D eigenvalue weighted by Crippen LogP contribution is -2.16. The Hall–Kier alpha value is -1.90. The third-order valence-electron chi connectivity index (χ3n) is 3.48. The fourth-order valence-electron chi connectivity index (χ4n) is 2.36. The van der Waals surface area contributed by atoms with Crippen LogP contribution in [0.4, 0.5) is 0 Å². The first-order valence-electron chi connectivity index (χ1n) is 7.28. The van der Waals surface area contributed by atoms with Crippen molar-refractivity contribution in [1.82, 2.24) is 4.57 Å². The molecule has 8 heteroatoms. The molecule has 0 fully saturated rings. The van der Waals surface area contributed by atoms with Gasteiger partial charge in [-0.15, -0.1) is 17.9 Å². The zero-order chi connectivity index (χ0) is 18.0. The predicted octanol–water partition coefficient (Wildman–Crippen LogP) is 4.47. The van der Waals surface area contributed by atoms with Gasteiger partial charge in [0.1, 0.15) is 0 Å². The topological polar surface area (TPSA) is 52.8 Å². The van der Waals surface area contributed by atoms with E-state index < -0.39 is 0 Å². The number of hydrogen-bond acceptors (Lipinski definition) is 5. The number of thiophene rings is 1. The Bertz CT molecular complexity index is 1020. The Morgan fingerprint density at radius 2 is 2.00 bits per heavy atom. The second kappa shape index (κ2) is 7.55. The summed E-state index contributed by atoms with van der Waals surface area (Å²) >= 11 is 6.16. The molecule has 0 aliphatic carbocycles. The second-order valence-electron chi connectivity index (χ2n) is 4.98. The largest absolute Gasteiger partial charge is 0.493 e. The van der Waals surface area contributed by atoms with Gasteiger partial charge in [-0.25, -0.2) is 0 Å². The van der Waals surface area contributed by atoms with Crippen molar-refractivity contribution < 1.29 is 14.3 Å². The number of allylic oxidation sites excluding steroid dienone is 1. The molecule has 1 amide bonds. The fraction of sp³-hybridized carbons (Fsp3) is 0.176. The van der Waals surface area contributed by atoms with Crippen molar-refractivity contribution in [3.8, 4) is 11.5 Å². The van der Waals surface area contributed by atoms with E-state index in [-0.39, 0.29) is 5.91 Å². The molecule has 25 heavy (non-hydrogen) atoms. The first-order valence-corrected chi connectivity index (χ1v) is 9.70. The highest BCUT2D eigenvalue weighted by Gasteiger charge is 2.14. The van der Waals surface area contributed by atoms with Crippen LogP contribution in [0, 0.1) is 0 Å². The van der Waals surface area contributed by atoms with E-state index in [0.717, 1.165) is 14.0 Å². The molecule has 2 heterocycles. The van der Waals surface area contributed by atoms with Crippen molar-refractivity contribution >= 4 is 54.7 Å². The van der Waals surface area contributed by atoms with Crippen molar-refractivity contribution in [3.63, 3.8) is 0 Å². The average Bonchev–Trinajstić information content (AvgIpc) is 3.18. The van der Waals surface area contributed by atoms with Gasteiger partial charge in [-0.2, -0.15) is 4.99 Å². The molecule has 0 spiro atoms. The summed E-state index contributed by atoms with van der Waals surface area (Å²) < 4.78 is 14.5. The van der Waals surface area contributed by atoms with E-state index in [2.05, 4.69) is 27.5 Å². The molecule has 0 atom stereocenters. The van der Waals surface area contributed by atoms with Crippen LogP contribution in [0.25, 0.3) is 10.2 Å². The number of fused-ring (bicyclic) bond motifs is 1. The summed E-state index contributed by atoms with van der Waals surface area (Å²) in [4.78, 5) is 18.0. The van der Waals surface area contributed by atoms with Crippen molar-refractivity contribution in [3.05, 3.63) is 50.4 Å². The van der Waals surface area contributed by atoms with Crippen LogP contribution >= 0.6 is 38.6 Å². The number of carbonyl (C=O) groups excluding carboxylic acids is 1. The molecule has 3 aromatic rings. The maximum absolute atomic E-state index is 12.4. The summed E-state index contributed by atoms with van der Waals surface area (Å²) in [6, 6.07) is 7.38. The first kappa shape index (κ1) is 17.9. The zero-order valence-corrected chi connectivity index (χ0v) is 16.8. The van der Waals surface area contributed by atoms with Crippen LogP contribution in [-0.4, -0.2) is 24.7 Å². The van der Waals surface area contributed by atoms with E-state index in [1.54, 1.807) is 26.4 Å². The van der Waals surface area contributed by atoms with E-state index in [1.807, 2.05) is 22.8 Å². The molecule has 2 aromatic heterocycles. The van der Waals surface area contributed by atoms with Crippen LogP contribution in [0.1, 0.15) is 9.67 Å². The minimum absolute atomic E-state index is 0.265. The third kappa shape index (κ3) is 3.56. The van der Waals surface area contributed by atoms with Crippen LogP contribution in [-0.2, 0) is 6.54 Å². The molecule has 0 aliphatic heterocycles. The second-order valence-corrected chi connectivity index (χ2v) is 8.45. The Labute approximate surface area is 161 Å². The summed E-state index contributed by atoms with van der Waals surface area (Å²) in [6.45, 7) is 4.33. The number of ether oxygens (including phenoxy) is 2. The zero-order valence-electron chi connectivity index (χ0n) is 13.6. The molecule has 0 aliphatic rings. The molecule has 3 rings (SSSR count). The maximum Gasteiger partial charge on any atom is 0.289 e. The highest BCUT2D eigenvalue weighted by molar-refractivity contribution is 9.11. The van der Waals surface area contributed by atoms with E-state index in [4.69, 9.17) is 9.47 Å². The van der Waals surface area contributed by atoms with Gasteiger partial charge < -0.3 is 14.0 Å². The van der Waals surface area contributed by atoms with Crippen molar-refractivity contribution in [2.24, 2.45) is 4.99 Å². The van der Waals surface area contributed by atoms with Gasteiger partial charge in [0.2, 0.25) is 0 Å². The smallest absolute Gasteiger partial charge is 0.289 e. The molecule has 130 valence electrons. The Balaban J connectivity index is 2.19. The monoisotopic (exact) mass is 438 g/mol. The Morgan fingerprint density at radius 3 is 2.60 bits per heavy atom. The predicted molar refractivity (Wildman–Crippen MR) is 105 cm³/mol. The lowest BCUT2D eigenvalue weighted by Gasteiger charge is -2.08. The first-order chi connectivity index (χ1) is 12.1. The van der Waals surface area contributed by atoms with E-state index in [9.17, 15) is 4.79 Å². The van der Waals surface area contributed by atoms with Gasteiger partial charge in [-0.05, 0) is 28.1 Å². The van der Waals surface area contributed by atoms with Gasteiger partial charge in [-0.3, -0.25) is 4.79 Å². The molecular weight excluding hydrogens is 424 g/mol. The number of halogens is 1. The number of nitrogens with zero attached hydrogens (tertiary/aromatic N) is 2. The van der Waals surface area contributed by atoms with Gasteiger partial charge >= 0.3 is 0 Å². The summed E-state index contributed by atoms with van der Waals surface area (Å²) in [5.74, 6) is 1.01. The molecule has 0 bridgehead atoms. The van der Waals surface area contributed by atoms with Gasteiger partial charge in [0, 0.05) is 18.7 Å². The van der Waals surface area contributed by atoms with Crippen LogP contribution < -0.4 is 14.3 Å². The molecule has 0 saturated carbocycles. The van der Waals surface area contributed by atoms with Crippen molar-refractivity contribution in [2.75, 3.05) is 14.2 Å². The number of rotatable bonds is 5. The van der Waals surface area contributed by atoms with Crippen LogP contribution in [0.3, 0.4) is 0 Å². The van der Waals surface area contributed by atoms with E-state index >= 15 is 0 Å². The quantitative estimate of drug-likeness (QED) is 0.552. The number of amides is 1. The summed E-state index contributed by atoms with van der Waals surface area (Å²) in [7, 11) is 3.19. The maximum atomic E-state index is 12.4. The number of benzene rings is 1. The van der Waals surface area contributed by atoms with Crippen LogP contribution in [0.15, 0.2) is 45.7 Å². The lowest BCUT2D eigenvalue weighted by molar-refractivity contribution is 0.100. The number of hydrogen-bond donors (Lipinski definition) is 0. The normalized spacial score (nSPS) is 11.7. The molecule has 0 unspecified atom stereocenters. The van der Waals surface area contributed by atoms with Gasteiger partial charge in [0.15, 0.2) is 16.3 Å². The van der Waals surface area contributed by atoms with Gasteiger partial charge in [0.25, 0.3) is 5.91 Å². The number of methoxy groups -OCH3 is 2. The Kier molecular flexibility index (Phi) is 5.41.